The third kappa shape index (κ3) is 4.21. The second-order valence-electron chi connectivity index (χ2n) is 6.60. The fraction of sp³-hybridized carbons (Fsp3) is 0.421. The van der Waals surface area contributed by atoms with E-state index in [0.29, 0.717) is 32.6 Å². The maximum absolute atomic E-state index is 13.0. The fourth-order valence-corrected chi connectivity index (χ4v) is 3.42. The lowest BCUT2D eigenvalue weighted by Crippen LogP contribution is -2.56. The number of carbonyl (C=O) groups excluding carboxylic acids is 3. The summed E-state index contributed by atoms with van der Waals surface area (Å²) in [6.07, 6.45) is 1.89. The summed E-state index contributed by atoms with van der Waals surface area (Å²) < 4.78 is 4.72. The van der Waals surface area contributed by atoms with E-state index in [1.54, 1.807) is 9.80 Å². The maximum atomic E-state index is 13.0. The minimum atomic E-state index is -0.647. The maximum Gasteiger partial charge on any atom is 0.409 e. The van der Waals surface area contributed by atoms with E-state index in [1.165, 1.54) is 14.0 Å². The highest BCUT2D eigenvalue weighted by atomic mass is 16.5. The number of nitrogens with one attached hydrogen (secondary N) is 2. The van der Waals surface area contributed by atoms with Crippen LogP contribution in [0.4, 0.5) is 4.79 Å². The van der Waals surface area contributed by atoms with Gasteiger partial charge in [-0.2, -0.15) is 0 Å². The average Bonchev–Trinajstić information content (AvgIpc) is 3.09. The van der Waals surface area contributed by atoms with Crippen molar-refractivity contribution in [1.29, 1.82) is 0 Å². The van der Waals surface area contributed by atoms with Crippen molar-refractivity contribution in [3.05, 3.63) is 36.0 Å². The number of fused-ring (bicyclic) bond motifs is 1. The number of rotatable bonds is 4. The third-order valence-electron chi connectivity index (χ3n) is 4.80. The van der Waals surface area contributed by atoms with Crippen LogP contribution in [0, 0.1) is 0 Å². The molecule has 1 aromatic heterocycles. The first-order valence-corrected chi connectivity index (χ1v) is 8.93. The summed E-state index contributed by atoms with van der Waals surface area (Å²) in [7, 11) is 1.34. The molecule has 1 aromatic carbocycles. The number of hydrogen-bond donors (Lipinski definition) is 2. The van der Waals surface area contributed by atoms with Crippen molar-refractivity contribution in [2.24, 2.45) is 0 Å². The molecule has 8 nitrogen and oxygen atoms in total. The molecule has 0 saturated carbocycles. The Kier molecular flexibility index (Phi) is 5.63. The lowest BCUT2D eigenvalue weighted by molar-refractivity contribution is -0.137. The molecule has 0 radical (unpaired) electrons. The first-order valence-electron chi connectivity index (χ1n) is 8.93. The Morgan fingerprint density at radius 3 is 2.48 bits per heavy atom. The number of aromatic nitrogens is 1. The van der Waals surface area contributed by atoms with Crippen LogP contribution >= 0.6 is 0 Å². The summed E-state index contributed by atoms with van der Waals surface area (Å²) in [4.78, 5) is 42.7. The number of hydrogen-bond acceptors (Lipinski definition) is 4. The van der Waals surface area contributed by atoms with E-state index in [4.69, 9.17) is 4.74 Å². The molecule has 3 amide bonds. The average molecular weight is 372 g/mol. The van der Waals surface area contributed by atoms with Gasteiger partial charge in [0.2, 0.25) is 11.8 Å². The van der Waals surface area contributed by atoms with Crippen LogP contribution in [-0.2, 0) is 20.7 Å². The number of piperazine rings is 1. The quantitative estimate of drug-likeness (QED) is 0.841. The van der Waals surface area contributed by atoms with E-state index in [-0.39, 0.29) is 17.9 Å². The van der Waals surface area contributed by atoms with Gasteiger partial charge in [0.05, 0.1) is 7.11 Å². The van der Waals surface area contributed by atoms with Gasteiger partial charge in [-0.05, 0) is 11.6 Å². The van der Waals surface area contributed by atoms with Gasteiger partial charge in [-0.15, -0.1) is 0 Å². The van der Waals surface area contributed by atoms with Gasteiger partial charge in [0.25, 0.3) is 0 Å². The Bertz CT molecular complexity index is 839. The lowest BCUT2D eigenvalue weighted by Gasteiger charge is -2.35. The first kappa shape index (κ1) is 18.8. The number of amides is 3. The molecule has 1 fully saturated rings. The summed E-state index contributed by atoms with van der Waals surface area (Å²) in [6, 6.07) is 7.21. The molecule has 0 spiro atoms. The zero-order valence-electron chi connectivity index (χ0n) is 15.5. The molecule has 1 saturated heterocycles. The van der Waals surface area contributed by atoms with Gasteiger partial charge in [-0.25, -0.2) is 4.79 Å². The minimum absolute atomic E-state index is 0.139. The highest BCUT2D eigenvalue weighted by molar-refractivity contribution is 5.89. The van der Waals surface area contributed by atoms with Gasteiger partial charge in [0, 0.05) is 56.6 Å². The largest absolute Gasteiger partial charge is 0.453 e. The van der Waals surface area contributed by atoms with Crippen molar-refractivity contribution < 1.29 is 19.1 Å². The predicted octanol–water partition coefficient (Wildman–Crippen LogP) is 1.13. The number of H-pyrrole nitrogens is 1. The Balaban J connectivity index is 1.72. The first-order chi connectivity index (χ1) is 13.0. The molecule has 2 N–H and O–H groups in total. The van der Waals surface area contributed by atoms with Crippen molar-refractivity contribution in [3.63, 3.8) is 0 Å². The van der Waals surface area contributed by atoms with Crippen molar-refractivity contribution >= 4 is 28.8 Å². The van der Waals surface area contributed by atoms with E-state index in [9.17, 15) is 14.4 Å². The van der Waals surface area contributed by atoms with E-state index in [0.717, 1.165) is 16.5 Å². The molecule has 1 aliphatic heterocycles. The van der Waals surface area contributed by atoms with Gasteiger partial charge in [-0.3, -0.25) is 9.59 Å². The minimum Gasteiger partial charge on any atom is -0.453 e. The summed E-state index contributed by atoms with van der Waals surface area (Å²) in [5.41, 5.74) is 1.97. The van der Waals surface area contributed by atoms with Crippen LogP contribution in [0.25, 0.3) is 10.9 Å². The monoisotopic (exact) mass is 372 g/mol. The standard InChI is InChI=1S/C19H24N4O4/c1-13(24)21-17(11-14-12-20-16-6-4-3-5-15(14)16)18(25)22-7-9-23(10-8-22)19(26)27-2/h3-6,12,17,20H,7-11H2,1-2H3,(H,21,24)/t17-/m1/s1. The van der Waals surface area contributed by atoms with E-state index >= 15 is 0 Å². The SMILES string of the molecule is COC(=O)N1CCN(C(=O)[C@@H](Cc2c[nH]c3ccccc23)NC(C)=O)CC1. The zero-order valence-corrected chi connectivity index (χ0v) is 15.5. The van der Waals surface area contributed by atoms with Crippen LogP contribution in [0.3, 0.4) is 0 Å². The highest BCUT2D eigenvalue weighted by Gasteiger charge is 2.30. The number of para-hydroxylation sites is 1. The van der Waals surface area contributed by atoms with E-state index in [1.807, 2.05) is 30.5 Å². The molecule has 1 atom stereocenters. The molecule has 3 rings (SSSR count). The molecule has 2 aromatic rings. The number of methoxy groups -OCH3 is 1. The van der Waals surface area contributed by atoms with Gasteiger partial charge < -0.3 is 24.8 Å². The van der Waals surface area contributed by atoms with Gasteiger partial charge >= 0.3 is 6.09 Å². The Hall–Kier alpha value is -3.03. The Morgan fingerprint density at radius 1 is 1.15 bits per heavy atom. The van der Waals surface area contributed by atoms with Crippen LogP contribution in [0.5, 0.6) is 0 Å². The van der Waals surface area contributed by atoms with Gasteiger partial charge in [0.15, 0.2) is 0 Å². The second-order valence-corrected chi connectivity index (χ2v) is 6.60. The summed E-state index contributed by atoms with van der Waals surface area (Å²) >= 11 is 0. The van der Waals surface area contributed by atoms with Crippen LogP contribution in [-0.4, -0.2) is 72.0 Å². The number of nitrogens with zero attached hydrogens (tertiary/aromatic N) is 2. The van der Waals surface area contributed by atoms with Crippen LogP contribution in [0.2, 0.25) is 0 Å². The Labute approximate surface area is 157 Å². The van der Waals surface area contributed by atoms with E-state index < -0.39 is 6.04 Å². The summed E-state index contributed by atoms with van der Waals surface area (Å²) in [6.45, 7) is 3.07. The smallest absolute Gasteiger partial charge is 0.409 e. The van der Waals surface area contributed by atoms with E-state index in [2.05, 4.69) is 10.3 Å². The molecule has 144 valence electrons. The van der Waals surface area contributed by atoms with Gasteiger partial charge in [0.1, 0.15) is 6.04 Å². The van der Waals surface area contributed by atoms with Crippen LogP contribution in [0.1, 0.15) is 12.5 Å². The summed E-state index contributed by atoms with van der Waals surface area (Å²) in [5.74, 6) is -0.388. The molecule has 0 bridgehead atoms. The number of carbonyl (C=O) groups is 3. The number of ether oxygens (including phenoxy) is 1. The lowest BCUT2D eigenvalue weighted by atomic mass is 10.0. The second kappa shape index (κ2) is 8.11. The molecular formula is C19H24N4O4. The fourth-order valence-electron chi connectivity index (χ4n) is 3.42. The number of aromatic amines is 1. The van der Waals surface area contributed by atoms with Crippen LogP contribution < -0.4 is 5.32 Å². The van der Waals surface area contributed by atoms with Crippen molar-refractivity contribution in [2.45, 2.75) is 19.4 Å². The van der Waals surface area contributed by atoms with Crippen molar-refractivity contribution in [1.82, 2.24) is 20.1 Å². The van der Waals surface area contributed by atoms with Crippen molar-refractivity contribution in [2.75, 3.05) is 33.3 Å². The molecule has 0 unspecified atom stereocenters. The topological polar surface area (TPSA) is 94.7 Å². The zero-order chi connectivity index (χ0) is 19.4. The number of benzene rings is 1. The highest BCUT2D eigenvalue weighted by Crippen LogP contribution is 2.20. The molecule has 8 heteroatoms. The molecule has 0 aliphatic carbocycles. The van der Waals surface area contributed by atoms with Gasteiger partial charge in [-0.1, -0.05) is 18.2 Å². The van der Waals surface area contributed by atoms with Crippen molar-refractivity contribution in [3.8, 4) is 0 Å². The van der Waals surface area contributed by atoms with Crippen LogP contribution in [0.15, 0.2) is 30.5 Å². The normalized spacial score (nSPS) is 15.5. The molecular weight excluding hydrogens is 348 g/mol. The third-order valence-corrected chi connectivity index (χ3v) is 4.80. The summed E-state index contributed by atoms with van der Waals surface area (Å²) in [5, 5.41) is 3.81. The molecule has 1 aliphatic rings. The molecule has 2 heterocycles. The predicted molar refractivity (Wildman–Crippen MR) is 100 cm³/mol. The Morgan fingerprint density at radius 2 is 1.81 bits per heavy atom. The molecule has 27 heavy (non-hydrogen) atoms.